The number of hydrogen-bond donors (Lipinski definition) is 0. The molecule has 0 radical (unpaired) electrons. The first-order chi connectivity index (χ1) is 11.7. The maximum Gasteiger partial charge on any atom is 0.223 e. The van der Waals surface area contributed by atoms with E-state index in [9.17, 15) is 4.79 Å². The Morgan fingerprint density at radius 3 is 2.62 bits per heavy atom. The fourth-order valence-corrected chi connectivity index (χ4v) is 5.76. The first kappa shape index (κ1) is 16.6. The number of fused-ring (bicyclic) bond motifs is 3. The highest BCUT2D eigenvalue weighted by atomic mass is 79.9. The van der Waals surface area contributed by atoms with Gasteiger partial charge in [0.15, 0.2) is 0 Å². The third-order valence-electron chi connectivity index (χ3n) is 6.57. The van der Waals surface area contributed by atoms with E-state index in [1.807, 2.05) is 0 Å². The third-order valence-corrected chi connectivity index (χ3v) is 7.06. The summed E-state index contributed by atoms with van der Waals surface area (Å²) in [4.78, 5) is 14.9. The van der Waals surface area contributed by atoms with E-state index < -0.39 is 0 Å². The quantitative estimate of drug-likeness (QED) is 0.665. The van der Waals surface area contributed by atoms with E-state index in [0.29, 0.717) is 17.9 Å². The lowest BCUT2D eigenvalue weighted by molar-refractivity contribution is -0.129. The molecule has 0 bridgehead atoms. The normalized spacial score (nSPS) is 32.1. The van der Waals surface area contributed by atoms with Crippen molar-refractivity contribution >= 4 is 21.8 Å². The predicted octanol–water partition coefficient (Wildman–Crippen LogP) is 5.50. The molecule has 0 aromatic heterocycles. The van der Waals surface area contributed by atoms with Crippen molar-refractivity contribution < 1.29 is 4.79 Å². The van der Waals surface area contributed by atoms with Crippen LogP contribution in [0.2, 0.25) is 0 Å². The number of carbonyl (C=O) groups is 1. The number of nitrogens with zero attached hydrogens (tertiary/aromatic N) is 1. The van der Waals surface area contributed by atoms with Crippen LogP contribution in [-0.2, 0) is 11.2 Å². The lowest BCUT2D eigenvalue weighted by Crippen LogP contribution is -2.34. The molecule has 2 nitrogen and oxygen atoms in total. The smallest absolute Gasteiger partial charge is 0.223 e. The van der Waals surface area contributed by atoms with Gasteiger partial charge in [0.05, 0.1) is 6.04 Å². The highest BCUT2D eigenvalue weighted by Gasteiger charge is 2.46. The van der Waals surface area contributed by atoms with Gasteiger partial charge in [0.25, 0.3) is 0 Å². The largest absolute Gasteiger partial charge is 0.335 e. The van der Waals surface area contributed by atoms with Crippen molar-refractivity contribution in [1.82, 2.24) is 4.90 Å². The van der Waals surface area contributed by atoms with E-state index in [0.717, 1.165) is 35.7 Å². The molecule has 2 aliphatic carbocycles. The number of hydrogen-bond acceptors (Lipinski definition) is 1. The van der Waals surface area contributed by atoms with Crippen LogP contribution in [0.15, 0.2) is 22.7 Å². The molecule has 24 heavy (non-hydrogen) atoms. The summed E-state index contributed by atoms with van der Waals surface area (Å²) in [6.07, 6.45) is 9.92. The van der Waals surface area contributed by atoms with Crippen LogP contribution >= 0.6 is 15.9 Å². The molecule has 1 aliphatic heterocycles. The van der Waals surface area contributed by atoms with Gasteiger partial charge in [-0.2, -0.15) is 0 Å². The highest BCUT2D eigenvalue weighted by molar-refractivity contribution is 9.10. The SMILES string of the molecule is CCCC1CCC(CN2C(=O)CC3Cc4ccc(Br)cc4C32)CC1. The molecule has 4 rings (SSSR count). The van der Waals surface area contributed by atoms with Crippen molar-refractivity contribution in [2.45, 2.75) is 64.3 Å². The molecule has 0 spiro atoms. The van der Waals surface area contributed by atoms with Gasteiger partial charge in [0.1, 0.15) is 0 Å². The van der Waals surface area contributed by atoms with Crippen molar-refractivity contribution in [3.8, 4) is 0 Å². The van der Waals surface area contributed by atoms with Crippen LogP contribution < -0.4 is 0 Å². The molecule has 1 heterocycles. The standard InChI is InChI=1S/C21H28BrNO/c1-2-3-14-4-6-15(7-5-14)13-23-20(24)11-17-10-16-8-9-18(22)12-19(16)21(17)23/h8-9,12,14-15,17,21H,2-7,10-11,13H2,1H3. The van der Waals surface area contributed by atoms with Crippen molar-refractivity contribution in [3.05, 3.63) is 33.8 Å². The van der Waals surface area contributed by atoms with Crippen molar-refractivity contribution in [3.63, 3.8) is 0 Å². The van der Waals surface area contributed by atoms with E-state index in [4.69, 9.17) is 0 Å². The molecule has 3 aliphatic rings. The Kier molecular flexibility index (Phi) is 4.73. The Bertz CT molecular complexity index is 620. The molecular formula is C21H28BrNO. The highest BCUT2D eigenvalue weighted by Crippen LogP contribution is 2.48. The van der Waals surface area contributed by atoms with Gasteiger partial charge in [-0.1, -0.05) is 54.6 Å². The Morgan fingerprint density at radius 2 is 1.88 bits per heavy atom. The molecule has 0 N–H and O–H groups in total. The number of benzene rings is 1. The van der Waals surface area contributed by atoms with Gasteiger partial charge in [-0.05, 0) is 60.3 Å². The molecule has 2 unspecified atom stereocenters. The minimum absolute atomic E-state index is 0.346. The Labute approximate surface area is 154 Å². The summed E-state index contributed by atoms with van der Waals surface area (Å²) >= 11 is 3.61. The van der Waals surface area contributed by atoms with Crippen LogP contribution in [0.3, 0.4) is 0 Å². The summed E-state index contributed by atoms with van der Waals surface area (Å²) in [5.74, 6) is 2.57. The molecule has 1 saturated carbocycles. The van der Waals surface area contributed by atoms with Crippen LogP contribution in [0.4, 0.5) is 0 Å². The summed E-state index contributed by atoms with van der Waals surface area (Å²) < 4.78 is 1.14. The second kappa shape index (κ2) is 6.82. The van der Waals surface area contributed by atoms with Crippen molar-refractivity contribution in [2.24, 2.45) is 17.8 Å². The summed E-state index contributed by atoms with van der Waals surface area (Å²) in [5.41, 5.74) is 2.86. The van der Waals surface area contributed by atoms with E-state index in [1.165, 1.54) is 49.7 Å². The zero-order valence-electron chi connectivity index (χ0n) is 14.6. The zero-order valence-corrected chi connectivity index (χ0v) is 16.2. The lowest BCUT2D eigenvalue weighted by Gasteiger charge is -2.34. The van der Waals surface area contributed by atoms with Crippen molar-refractivity contribution in [1.29, 1.82) is 0 Å². The first-order valence-corrected chi connectivity index (χ1v) is 10.5. The van der Waals surface area contributed by atoms with Crippen LogP contribution in [0, 0.1) is 17.8 Å². The first-order valence-electron chi connectivity index (χ1n) is 9.73. The van der Waals surface area contributed by atoms with E-state index in [-0.39, 0.29) is 0 Å². The maximum atomic E-state index is 12.6. The number of rotatable bonds is 4. The van der Waals surface area contributed by atoms with Crippen LogP contribution in [0.1, 0.15) is 69.0 Å². The van der Waals surface area contributed by atoms with Crippen LogP contribution in [0.5, 0.6) is 0 Å². The van der Waals surface area contributed by atoms with Gasteiger partial charge in [0.2, 0.25) is 5.91 Å². The minimum Gasteiger partial charge on any atom is -0.335 e. The molecule has 1 saturated heterocycles. The third kappa shape index (κ3) is 3.05. The minimum atomic E-state index is 0.346. The van der Waals surface area contributed by atoms with Gasteiger partial charge < -0.3 is 4.90 Å². The number of amides is 1. The molecule has 130 valence electrons. The topological polar surface area (TPSA) is 20.3 Å². The van der Waals surface area contributed by atoms with Gasteiger partial charge in [0, 0.05) is 17.4 Å². The van der Waals surface area contributed by atoms with Gasteiger partial charge in [-0.15, -0.1) is 0 Å². The summed E-state index contributed by atoms with van der Waals surface area (Å²) in [6, 6.07) is 6.99. The summed E-state index contributed by atoms with van der Waals surface area (Å²) in [6.45, 7) is 3.29. The average Bonchev–Trinajstić information content (AvgIpc) is 3.05. The van der Waals surface area contributed by atoms with Gasteiger partial charge in [-0.25, -0.2) is 0 Å². The average molecular weight is 390 g/mol. The molecule has 3 heteroatoms. The van der Waals surface area contributed by atoms with E-state index >= 15 is 0 Å². The van der Waals surface area contributed by atoms with Gasteiger partial charge in [-0.3, -0.25) is 4.79 Å². The fraction of sp³-hybridized carbons (Fsp3) is 0.667. The summed E-state index contributed by atoms with van der Waals surface area (Å²) in [5, 5.41) is 0. The monoisotopic (exact) mass is 389 g/mol. The zero-order chi connectivity index (χ0) is 16.7. The molecule has 1 amide bonds. The van der Waals surface area contributed by atoms with E-state index in [2.05, 4.69) is 46.0 Å². The maximum absolute atomic E-state index is 12.6. The number of carbonyl (C=O) groups excluding carboxylic acids is 1. The van der Waals surface area contributed by atoms with Crippen LogP contribution in [0.25, 0.3) is 0 Å². The Morgan fingerprint density at radius 1 is 1.12 bits per heavy atom. The molecule has 2 fully saturated rings. The second-order valence-electron chi connectivity index (χ2n) is 8.18. The molecule has 2 atom stereocenters. The van der Waals surface area contributed by atoms with Crippen LogP contribution in [-0.4, -0.2) is 17.4 Å². The van der Waals surface area contributed by atoms with Crippen molar-refractivity contribution in [2.75, 3.05) is 6.54 Å². The van der Waals surface area contributed by atoms with Gasteiger partial charge >= 0.3 is 0 Å². The molecule has 1 aromatic rings. The van der Waals surface area contributed by atoms with E-state index in [1.54, 1.807) is 0 Å². The fourth-order valence-electron chi connectivity index (χ4n) is 5.38. The molecule has 1 aromatic carbocycles. The molecular weight excluding hydrogens is 362 g/mol. The predicted molar refractivity (Wildman–Crippen MR) is 101 cm³/mol. The summed E-state index contributed by atoms with van der Waals surface area (Å²) in [7, 11) is 0. The lowest BCUT2D eigenvalue weighted by atomic mass is 9.80. The second-order valence-corrected chi connectivity index (χ2v) is 9.09. The number of likely N-dealkylation sites (tertiary alicyclic amines) is 1. The number of halogens is 1. The Balaban J connectivity index is 1.46. The Hall–Kier alpha value is -0.830.